The van der Waals surface area contributed by atoms with Crippen molar-refractivity contribution in [1.29, 1.82) is 0 Å². The molecule has 0 aliphatic carbocycles. The average molecular weight is 452 g/mol. The quantitative estimate of drug-likeness (QED) is 0.473. The molecular weight excluding hydrogens is 434 g/mol. The van der Waals surface area contributed by atoms with Crippen LogP contribution in [0.15, 0.2) is 76.0 Å². The van der Waals surface area contributed by atoms with Gasteiger partial charge in [-0.15, -0.1) is 0 Å². The molecule has 0 unspecified atom stereocenters. The van der Waals surface area contributed by atoms with Crippen molar-refractivity contribution in [1.82, 2.24) is 9.66 Å². The molecule has 0 saturated heterocycles. The highest BCUT2D eigenvalue weighted by Gasteiger charge is 2.14. The largest absolute Gasteiger partial charge is 0.504 e. The van der Waals surface area contributed by atoms with Gasteiger partial charge in [-0.25, -0.2) is 9.66 Å². The number of aromatic hydroxyl groups is 1. The first-order valence-electron chi connectivity index (χ1n) is 8.95. The van der Waals surface area contributed by atoms with Gasteiger partial charge in [0.2, 0.25) is 0 Å². The summed E-state index contributed by atoms with van der Waals surface area (Å²) in [4.78, 5) is 17.9. The van der Waals surface area contributed by atoms with Gasteiger partial charge >= 0.3 is 0 Å². The number of rotatable bonds is 5. The van der Waals surface area contributed by atoms with Crippen LogP contribution in [0.2, 0.25) is 0 Å². The smallest absolute Gasteiger partial charge is 0.280 e. The monoisotopic (exact) mass is 451 g/mol. The zero-order valence-corrected chi connectivity index (χ0v) is 17.2. The minimum atomic E-state index is -0.212. The molecule has 0 saturated carbocycles. The van der Waals surface area contributed by atoms with E-state index in [9.17, 15) is 9.90 Å². The van der Waals surface area contributed by atoms with Crippen LogP contribution in [0.1, 0.15) is 5.56 Å². The number of aromatic nitrogens is 2. The molecular formula is C22H18BrN3O3. The Kier molecular flexibility index (Phi) is 5.22. The van der Waals surface area contributed by atoms with Crippen LogP contribution in [0, 0.1) is 0 Å². The van der Waals surface area contributed by atoms with Crippen LogP contribution in [-0.4, -0.2) is 21.9 Å². The van der Waals surface area contributed by atoms with Crippen LogP contribution in [0.3, 0.4) is 0 Å². The van der Waals surface area contributed by atoms with Crippen molar-refractivity contribution in [3.8, 4) is 22.9 Å². The fourth-order valence-corrected chi connectivity index (χ4v) is 3.38. The lowest BCUT2D eigenvalue weighted by atomic mass is 10.2. The zero-order valence-electron chi connectivity index (χ0n) is 15.6. The van der Waals surface area contributed by atoms with Gasteiger partial charge in [-0.3, -0.25) is 4.79 Å². The fourth-order valence-electron chi connectivity index (χ4n) is 3.11. The Balaban J connectivity index is 1.82. The van der Waals surface area contributed by atoms with Crippen molar-refractivity contribution >= 4 is 26.8 Å². The molecule has 0 spiro atoms. The molecule has 1 aromatic heterocycles. The lowest BCUT2D eigenvalue weighted by Gasteiger charge is -2.16. The van der Waals surface area contributed by atoms with E-state index < -0.39 is 0 Å². The van der Waals surface area contributed by atoms with E-state index in [1.165, 1.54) is 11.8 Å². The zero-order chi connectivity index (χ0) is 20.4. The van der Waals surface area contributed by atoms with Gasteiger partial charge in [0, 0.05) is 15.6 Å². The van der Waals surface area contributed by atoms with Crippen molar-refractivity contribution in [2.75, 3.05) is 12.5 Å². The number of para-hydroxylation sites is 2. The SMILES string of the molecule is COc1cccc(CNn2c(-c3ccc(Br)cc3)nc3ccccc3c2=O)c1O. The first-order chi connectivity index (χ1) is 14.1. The van der Waals surface area contributed by atoms with Gasteiger partial charge in [-0.1, -0.05) is 52.3 Å². The molecule has 0 amide bonds. The van der Waals surface area contributed by atoms with Gasteiger partial charge in [0.25, 0.3) is 5.56 Å². The molecule has 0 fully saturated rings. The third-order valence-electron chi connectivity index (χ3n) is 4.61. The van der Waals surface area contributed by atoms with E-state index in [0.717, 1.165) is 10.0 Å². The van der Waals surface area contributed by atoms with Gasteiger partial charge in [0.1, 0.15) is 0 Å². The summed E-state index contributed by atoms with van der Waals surface area (Å²) in [5, 5.41) is 10.9. The van der Waals surface area contributed by atoms with E-state index >= 15 is 0 Å². The van der Waals surface area contributed by atoms with Crippen LogP contribution in [0.25, 0.3) is 22.3 Å². The van der Waals surface area contributed by atoms with Gasteiger partial charge in [0.15, 0.2) is 17.3 Å². The second kappa shape index (κ2) is 7.97. The number of benzene rings is 3. The summed E-state index contributed by atoms with van der Waals surface area (Å²) >= 11 is 3.43. The number of methoxy groups -OCH3 is 1. The minimum Gasteiger partial charge on any atom is -0.504 e. The van der Waals surface area contributed by atoms with Crippen LogP contribution < -0.4 is 15.7 Å². The molecule has 29 heavy (non-hydrogen) atoms. The van der Waals surface area contributed by atoms with E-state index in [2.05, 4.69) is 21.4 Å². The third-order valence-corrected chi connectivity index (χ3v) is 5.14. The van der Waals surface area contributed by atoms with Crippen molar-refractivity contribution in [2.45, 2.75) is 6.54 Å². The van der Waals surface area contributed by atoms with Crippen molar-refractivity contribution in [3.05, 3.63) is 87.1 Å². The highest BCUT2D eigenvalue weighted by Crippen LogP contribution is 2.29. The summed E-state index contributed by atoms with van der Waals surface area (Å²) in [5.41, 5.74) is 4.91. The van der Waals surface area contributed by atoms with Gasteiger partial charge in [-0.2, -0.15) is 0 Å². The maximum absolute atomic E-state index is 13.2. The summed E-state index contributed by atoms with van der Waals surface area (Å²) in [6, 6.07) is 20.0. The molecule has 0 bridgehead atoms. The van der Waals surface area contributed by atoms with E-state index in [1.807, 2.05) is 42.5 Å². The van der Waals surface area contributed by atoms with Crippen LogP contribution in [0.4, 0.5) is 0 Å². The number of phenolic OH excluding ortho intramolecular Hbond substituents is 1. The Morgan fingerprint density at radius 1 is 1.07 bits per heavy atom. The Morgan fingerprint density at radius 3 is 2.59 bits per heavy atom. The Labute approximate surface area is 175 Å². The topological polar surface area (TPSA) is 76.4 Å². The summed E-state index contributed by atoms with van der Waals surface area (Å²) < 4.78 is 7.52. The second-order valence-corrected chi connectivity index (χ2v) is 7.32. The lowest BCUT2D eigenvalue weighted by molar-refractivity contribution is 0.370. The number of fused-ring (bicyclic) bond motifs is 1. The van der Waals surface area contributed by atoms with Crippen molar-refractivity contribution in [2.24, 2.45) is 0 Å². The molecule has 3 aromatic carbocycles. The number of phenols is 1. The molecule has 0 aliphatic rings. The number of hydrogen-bond acceptors (Lipinski definition) is 5. The van der Waals surface area contributed by atoms with E-state index in [0.29, 0.717) is 28.0 Å². The number of hydrogen-bond donors (Lipinski definition) is 2. The van der Waals surface area contributed by atoms with E-state index in [-0.39, 0.29) is 17.9 Å². The molecule has 1 heterocycles. The predicted octanol–water partition coefficient (Wildman–Crippen LogP) is 4.28. The summed E-state index contributed by atoms with van der Waals surface area (Å²) in [7, 11) is 1.50. The first-order valence-corrected chi connectivity index (χ1v) is 9.74. The standard InChI is InChI=1S/C22H18BrN3O3/c1-29-19-8-4-5-15(20(19)27)13-24-26-21(14-9-11-16(23)12-10-14)25-18-7-3-2-6-17(18)22(26)28/h2-12,24,27H,13H2,1H3. The Morgan fingerprint density at radius 2 is 1.83 bits per heavy atom. The Hall–Kier alpha value is -3.32. The molecule has 7 heteroatoms. The number of nitrogens with zero attached hydrogens (tertiary/aromatic N) is 2. The first kappa shape index (κ1) is 19.0. The van der Waals surface area contributed by atoms with Gasteiger partial charge in [-0.05, 0) is 30.3 Å². The highest BCUT2D eigenvalue weighted by molar-refractivity contribution is 9.10. The second-order valence-electron chi connectivity index (χ2n) is 6.40. The number of ether oxygens (including phenoxy) is 1. The van der Waals surface area contributed by atoms with Gasteiger partial charge < -0.3 is 15.3 Å². The van der Waals surface area contributed by atoms with Crippen LogP contribution >= 0.6 is 15.9 Å². The molecule has 0 radical (unpaired) electrons. The minimum absolute atomic E-state index is 0.0366. The highest BCUT2D eigenvalue weighted by atomic mass is 79.9. The van der Waals surface area contributed by atoms with Crippen LogP contribution in [0.5, 0.6) is 11.5 Å². The van der Waals surface area contributed by atoms with Crippen molar-refractivity contribution in [3.63, 3.8) is 0 Å². The Bertz CT molecular complexity index is 1240. The maximum atomic E-state index is 13.2. The van der Waals surface area contributed by atoms with Crippen molar-refractivity contribution < 1.29 is 9.84 Å². The van der Waals surface area contributed by atoms with E-state index in [1.54, 1.807) is 24.3 Å². The normalized spacial score (nSPS) is 10.8. The fraction of sp³-hybridized carbons (Fsp3) is 0.0909. The van der Waals surface area contributed by atoms with E-state index in [4.69, 9.17) is 9.72 Å². The molecule has 4 aromatic rings. The molecule has 4 rings (SSSR count). The summed E-state index contributed by atoms with van der Waals surface area (Å²) in [5.74, 6) is 0.902. The summed E-state index contributed by atoms with van der Waals surface area (Å²) in [6.07, 6.45) is 0. The maximum Gasteiger partial charge on any atom is 0.280 e. The molecule has 0 atom stereocenters. The molecule has 0 aliphatic heterocycles. The number of halogens is 1. The number of nitrogens with one attached hydrogen (secondary N) is 1. The molecule has 146 valence electrons. The molecule has 2 N–H and O–H groups in total. The van der Waals surface area contributed by atoms with Gasteiger partial charge in [0.05, 0.1) is 24.6 Å². The summed E-state index contributed by atoms with van der Waals surface area (Å²) in [6.45, 7) is 0.215. The average Bonchev–Trinajstić information content (AvgIpc) is 2.74. The third kappa shape index (κ3) is 3.69. The molecule has 6 nitrogen and oxygen atoms in total. The lowest BCUT2D eigenvalue weighted by Crippen LogP contribution is -2.31. The predicted molar refractivity (Wildman–Crippen MR) is 117 cm³/mol. The van der Waals surface area contributed by atoms with Crippen LogP contribution in [-0.2, 0) is 6.54 Å².